The van der Waals surface area contributed by atoms with Gasteiger partial charge in [0.25, 0.3) is 5.69 Å². The second kappa shape index (κ2) is 8.31. The highest BCUT2D eigenvalue weighted by molar-refractivity contribution is 7.90. The van der Waals surface area contributed by atoms with Crippen LogP contribution in [0, 0.1) is 22.9 Å². The van der Waals surface area contributed by atoms with Gasteiger partial charge >= 0.3 is 0 Å². The first-order valence-corrected chi connectivity index (χ1v) is 11.1. The third kappa shape index (κ3) is 4.54. The Labute approximate surface area is 182 Å². The number of anilines is 2. The molecular formula is C22H17FN4O4S. The molecule has 0 unspecified atom stereocenters. The SMILES string of the molecule is Cc1ccc(S(=O)(=O)Cc2nc(Nc3ccc(F)cc3)c3cc([N+](=O)[O-])ccc3n2)cc1. The van der Waals surface area contributed by atoms with Gasteiger partial charge in [-0.1, -0.05) is 17.7 Å². The molecule has 8 nitrogen and oxygen atoms in total. The summed E-state index contributed by atoms with van der Waals surface area (Å²) in [6.45, 7) is 1.86. The smallest absolute Gasteiger partial charge is 0.270 e. The maximum atomic E-state index is 13.3. The van der Waals surface area contributed by atoms with Gasteiger partial charge in [-0.25, -0.2) is 22.8 Å². The fourth-order valence-corrected chi connectivity index (χ4v) is 4.29. The molecule has 10 heteroatoms. The highest BCUT2D eigenvalue weighted by Crippen LogP contribution is 2.28. The van der Waals surface area contributed by atoms with Gasteiger partial charge in [0.15, 0.2) is 9.84 Å². The lowest BCUT2D eigenvalue weighted by atomic mass is 10.2. The van der Waals surface area contributed by atoms with E-state index in [9.17, 15) is 22.9 Å². The minimum atomic E-state index is -3.73. The number of hydrogen-bond acceptors (Lipinski definition) is 7. The molecule has 0 fully saturated rings. The number of benzene rings is 3. The van der Waals surface area contributed by atoms with E-state index in [1.54, 1.807) is 12.1 Å². The van der Waals surface area contributed by atoms with E-state index in [2.05, 4.69) is 15.3 Å². The van der Waals surface area contributed by atoms with Crippen molar-refractivity contribution in [3.8, 4) is 0 Å². The van der Waals surface area contributed by atoms with Crippen LogP contribution in [0.3, 0.4) is 0 Å². The number of aryl methyl sites for hydroxylation is 1. The number of nitro groups is 1. The van der Waals surface area contributed by atoms with Crippen molar-refractivity contribution in [2.45, 2.75) is 17.6 Å². The van der Waals surface area contributed by atoms with Crippen molar-refractivity contribution in [1.29, 1.82) is 0 Å². The van der Waals surface area contributed by atoms with Gasteiger partial charge in [-0.05, 0) is 49.4 Å². The van der Waals surface area contributed by atoms with Crippen molar-refractivity contribution < 1.29 is 17.7 Å². The van der Waals surface area contributed by atoms with E-state index in [1.807, 2.05) is 6.92 Å². The molecule has 162 valence electrons. The molecule has 3 aromatic carbocycles. The molecule has 1 N–H and O–H groups in total. The number of nitro benzene ring substituents is 1. The number of rotatable bonds is 6. The summed E-state index contributed by atoms with van der Waals surface area (Å²) in [5, 5.41) is 14.5. The predicted molar refractivity (Wildman–Crippen MR) is 118 cm³/mol. The van der Waals surface area contributed by atoms with Crippen molar-refractivity contribution in [2.75, 3.05) is 5.32 Å². The largest absolute Gasteiger partial charge is 0.340 e. The number of non-ortho nitro benzene ring substituents is 1. The van der Waals surface area contributed by atoms with Crippen LogP contribution in [0.15, 0.2) is 71.6 Å². The number of halogens is 1. The summed E-state index contributed by atoms with van der Waals surface area (Å²) in [6.07, 6.45) is 0. The molecule has 4 aromatic rings. The molecule has 32 heavy (non-hydrogen) atoms. The second-order valence-corrected chi connectivity index (χ2v) is 9.14. The first-order chi connectivity index (χ1) is 15.2. The highest BCUT2D eigenvalue weighted by Gasteiger charge is 2.20. The normalized spacial score (nSPS) is 11.4. The first-order valence-electron chi connectivity index (χ1n) is 9.48. The van der Waals surface area contributed by atoms with E-state index >= 15 is 0 Å². The second-order valence-electron chi connectivity index (χ2n) is 7.15. The molecule has 0 atom stereocenters. The number of fused-ring (bicyclic) bond motifs is 1. The lowest BCUT2D eigenvalue weighted by molar-refractivity contribution is -0.384. The molecule has 0 aliphatic carbocycles. The Morgan fingerprint density at radius 3 is 2.34 bits per heavy atom. The average molecular weight is 452 g/mol. The summed E-state index contributed by atoms with van der Waals surface area (Å²) < 4.78 is 39.0. The van der Waals surface area contributed by atoms with Gasteiger partial charge < -0.3 is 5.32 Å². The van der Waals surface area contributed by atoms with E-state index in [-0.39, 0.29) is 22.2 Å². The Kier molecular flexibility index (Phi) is 5.54. The summed E-state index contributed by atoms with van der Waals surface area (Å²) in [6, 6.07) is 15.9. The minimum absolute atomic E-state index is 0.0246. The molecule has 0 radical (unpaired) electrons. The van der Waals surface area contributed by atoms with Crippen LogP contribution >= 0.6 is 0 Å². The van der Waals surface area contributed by atoms with Gasteiger partial charge in [0.05, 0.1) is 15.3 Å². The van der Waals surface area contributed by atoms with Gasteiger partial charge in [0.1, 0.15) is 23.2 Å². The van der Waals surface area contributed by atoms with Crippen molar-refractivity contribution in [1.82, 2.24) is 9.97 Å². The monoisotopic (exact) mass is 452 g/mol. The lowest BCUT2D eigenvalue weighted by Crippen LogP contribution is -2.10. The van der Waals surface area contributed by atoms with E-state index in [0.29, 0.717) is 16.6 Å². The third-order valence-corrected chi connectivity index (χ3v) is 6.37. The number of nitrogens with zero attached hydrogens (tertiary/aromatic N) is 3. The van der Waals surface area contributed by atoms with Gasteiger partial charge in [-0.3, -0.25) is 10.1 Å². The Morgan fingerprint density at radius 1 is 1.00 bits per heavy atom. The molecule has 1 heterocycles. The molecule has 4 rings (SSSR count). The summed E-state index contributed by atoms with van der Waals surface area (Å²) in [4.78, 5) is 19.4. The van der Waals surface area contributed by atoms with Crippen molar-refractivity contribution in [2.24, 2.45) is 0 Å². The number of nitrogens with one attached hydrogen (secondary N) is 1. The highest BCUT2D eigenvalue weighted by atomic mass is 32.2. The minimum Gasteiger partial charge on any atom is -0.340 e. The van der Waals surface area contributed by atoms with Gasteiger partial charge in [-0.15, -0.1) is 0 Å². The van der Waals surface area contributed by atoms with Crippen LogP contribution in [0.4, 0.5) is 21.6 Å². The third-order valence-electron chi connectivity index (χ3n) is 4.74. The van der Waals surface area contributed by atoms with Crippen LogP contribution in [-0.4, -0.2) is 23.3 Å². The summed E-state index contributed by atoms with van der Waals surface area (Å²) >= 11 is 0. The summed E-state index contributed by atoms with van der Waals surface area (Å²) in [5.74, 6) is -0.680. The topological polar surface area (TPSA) is 115 Å². The maximum Gasteiger partial charge on any atom is 0.270 e. The van der Waals surface area contributed by atoms with Crippen molar-refractivity contribution >= 4 is 37.9 Å². The zero-order chi connectivity index (χ0) is 22.9. The molecule has 0 saturated heterocycles. The van der Waals surface area contributed by atoms with Crippen LogP contribution < -0.4 is 5.32 Å². The number of aromatic nitrogens is 2. The van der Waals surface area contributed by atoms with Crippen LogP contribution in [-0.2, 0) is 15.6 Å². The van der Waals surface area contributed by atoms with E-state index in [1.165, 1.54) is 54.6 Å². The molecule has 0 aliphatic rings. The fraction of sp³-hybridized carbons (Fsp3) is 0.0909. The van der Waals surface area contributed by atoms with E-state index < -0.39 is 26.3 Å². The van der Waals surface area contributed by atoms with E-state index in [0.717, 1.165) is 5.56 Å². The average Bonchev–Trinajstić information content (AvgIpc) is 2.75. The molecule has 0 aliphatic heterocycles. The summed E-state index contributed by atoms with van der Waals surface area (Å²) in [7, 11) is -3.73. The number of sulfone groups is 1. The zero-order valence-corrected chi connectivity index (χ0v) is 17.6. The van der Waals surface area contributed by atoms with Gasteiger partial charge in [0.2, 0.25) is 0 Å². The lowest BCUT2D eigenvalue weighted by Gasteiger charge is -2.11. The van der Waals surface area contributed by atoms with Crippen LogP contribution in [0.25, 0.3) is 10.9 Å². The Balaban J connectivity index is 1.79. The zero-order valence-electron chi connectivity index (χ0n) is 16.8. The van der Waals surface area contributed by atoms with Gasteiger partial charge in [0, 0.05) is 23.2 Å². The Morgan fingerprint density at radius 2 is 1.69 bits per heavy atom. The van der Waals surface area contributed by atoms with Crippen LogP contribution in [0.2, 0.25) is 0 Å². The first kappa shape index (κ1) is 21.3. The van der Waals surface area contributed by atoms with Crippen LogP contribution in [0.1, 0.15) is 11.4 Å². The molecule has 0 amide bonds. The van der Waals surface area contributed by atoms with Crippen molar-refractivity contribution in [3.05, 3.63) is 94.0 Å². The van der Waals surface area contributed by atoms with E-state index in [4.69, 9.17) is 0 Å². The van der Waals surface area contributed by atoms with Gasteiger partial charge in [-0.2, -0.15) is 0 Å². The molecular weight excluding hydrogens is 435 g/mol. The Bertz CT molecular complexity index is 1420. The number of hydrogen-bond donors (Lipinski definition) is 1. The van der Waals surface area contributed by atoms with Crippen molar-refractivity contribution in [3.63, 3.8) is 0 Å². The summed E-state index contributed by atoms with van der Waals surface area (Å²) in [5.41, 5.74) is 1.58. The molecule has 1 aromatic heterocycles. The quantitative estimate of drug-likeness (QED) is 0.333. The predicted octanol–water partition coefficient (Wildman–Crippen LogP) is 4.70. The maximum absolute atomic E-state index is 13.3. The molecule has 0 bridgehead atoms. The fourth-order valence-electron chi connectivity index (χ4n) is 3.11. The molecule has 0 spiro atoms. The molecule has 0 saturated carbocycles. The standard InChI is InChI=1S/C22H17FN4O4S/c1-14-2-9-18(10-3-14)32(30,31)13-21-25-20-11-8-17(27(28)29)12-19(20)22(26-21)24-16-6-4-15(23)5-7-16/h2-12H,13H2,1H3,(H,24,25,26). The van der Waals surface area contributed by atoms with Crippen LogP contribution in [0.5, 0.6) is 0 Å². The Hall–Kier alpha value is -3.92.